The van der Waals surface area contributed by atoms with E-state index in [1.54, 1.807) is 0 Å². The summed E-state index contributed by atoms with van der Waals surface area (Å²) in [7, 11) is 0. The van der Waals surface area contributed by atoms with E-state index in [0.717, 1.165) is 16.6 Å². The molecule has 0 aliphatic heterocycles. The molecule has 60 valence electrons. The van der Waals surface area contributed by atoms with E-state index in [9.17, 15) is 0 Å². The molecule has 1 heterocycles. The molecule has 2 rings (SSSR count). The van der Waals surface area contributed by atoms with Gasteiger partial charge in [0.05, 0.1) is 5.52 Å². The fourth-order valence-corrected chi connectivity index (χ4v) is 1.15. The van der Waals surface area contributed by atoms with Crippen molar-refractivity contribution in [1.82, 2.24) is 15.2 Å². The summed E-state index contributed by atoms with van der Waals surface area (Å²) in [6, 6.07) is 5.77. The summed E-state index contributed by atoms with van der Waals surface area (Å²) in [6.07, 6.45) is 0. The van der Waals surface area contributed by atoms with Crippen LogP contribution in [0.4, 0.5) is 0 Å². The maximum Gasteiger partial charge on any atom is 0.243 e. The number of halogens is 1. The topological polar surface area (TPSA) is 38.7 Å². The molecule has 1 aromatic heterocycles. The molecular formula is C8H6ClN3. The molecule has 0 N–H and O–H groups in total. The largest absolute Gasteiger partial charge is 0.243 e. The van der Waals surface area contributed by atoms with E-state index < -0.39 is 0 Å². The zero-order chi connectivity index (χ0) is 8.55. The van der Waals surface area contributed by atoms with Crippen LogP contribution in [0.3, 0.4) is 0 Å². The van der Waals surface area contributed by atoms with Gasteiger partial charge < -0.3 is 0 Å². The second-order valence-electron chi connectivity index (χ2n) is 2.57. The van der Waals surface area contributed by atoms with Crippen LogP contribution in [0.5, 0.6) is 0 Å². The summed E-state index contributed by atoms with van der Waals surface area (Å²) in [5, 5.41) is 7.74. The van der Waals surface area contributed by atoms with Crippen molar-refractivity contribution >= 4 is 22.6 Å². The lowest BCUT2D eigenvalue weighted by Crippen LogP contribution is -1.89. The first kappa shape index (κ1) is 7.43. The first-order chi connectivity index (χ1) is 5.75. The Kier molecular flexibility index (Phi) is 1.66. The van der Waals surface area contributed by atoms with E-state index in [1.165, 1.54) is 0 Å². The minimum atomic E-state index is 0.186. The quantitative estimate of drug-likeness (QED) is 0.621. The molecule has 0 fully saturated rings. The van der Waals surface area contributed by atoms with Gasteiger partial charge in [0.15, 0.2) is 0 Å². The van der Waals surface area contributed by atoms with Crippen LogP contribution in [0, 0.1) is 6.92 Å². The minimum absolute atomic E-state index is 0.186. The fourth-order valence-electron chi connectivity index (χ4n) is 1.02. The molecule has 0 aliphatic rings. The van der Waals surface area contributed by atoms with E-state index in [1.807, 2.05) is 25.1 Å². The summed E-state index contributed by atoms with van der Waals surface area (Å²) in [6.45, 7) is 2.00. The Morgan fingerprint density at radius 2 is 2.00 bits per heavy atom. The minimum Gasteiger partial charge on any atom is -0.215 e. The summed E-state index contributed by atoms with van der Waals surface area (Å²) in [5.74, 6) is 0. The van der Waals surface area contributed by atoms with Crippen LogP contribution in [0.15, 0.2) is 18.2 Å². The molecule has 0 radical (unpaired) electrons. The van der Waals surface area contributed by atoms with Crippen molar-refractivity contribution in [3.8, 4) is 0 Å². The van der Waals surface area contributed by atoms with E-state index in [2.05, 4.69) is 15.2 Å². The van der Waals surface area contributed by atoms with Gasteiger partial charge in [-0.05, 0) is 36.2 Å². The SMILES string of the molecule is Cc1ccc2nc(Cl)nnc2c1. The van der Waals surface area contributed by atoms with E-state index >= 15 is 0 Å². The lowest BCUT2D eigenvalue weighted by Gasteiger charge is -1.95. The van der Waals surface area contributed by atoms with Crippen LogP contribution in [-0.2, 0) is 0 Å². The third kappa shape index (κ3) is 1.23. The van der Waals surface area contributed by atoms with Gasteiger partial charge in [0.25, 0.3) is 0 Å². The number of aromatic nitrogens is 3. The van der Waals surface area contributed by atoms with E-state index in [4.69, 9.17) is 11.6 Å². The Morgan fingerprint density at radius 3 is 2.83 bits per heavy atom. The maximum atomic E-state index is 5.57. The number of hydrogen-bond acceptors (Lipinski definition) is 3. The van der Waals surface area contributed by atoms with Gasteiger partial charge in [-0.3, -0.25) is 0 Å². The Morgan fingerprint density at radius 1 is 1.17 bits per heavy atom. The summed E-state index contributed by atoms with van der Waals surface area (Å²) >= 11 is 5.57. The van der Waals surface area contributed by atoms with E-state index in [0.29, 0.717) is 0 Å². The Balaban J connectivity index is 2.79. The molecule has 0 aliphatic carbocycles. The third-order valence-electron chi connectivity index (χ3n) is 1.58. The smallest absolute Gasteiger partial charge is 0.215 e. The fraction of sp³-hybridized carbons (Fsp3) is 0.125. The zero-order valence-corrected chi connectivity index (χ0v) is 7.21. The highest BCUT2D eigenvalue weighted by Crippen LogP contribution is 2.11. The Bertz CT molecular complexity index is 386. The molecule has 0 saturated carbocycles. The number of hydrogen-bond donors (Lipinski definition) is 0. The number of nitrogens with zero attached hydrogens (tertiary/aromatic N) is 3. The Hall–Kier alpha value is -1.22. The number of fused-ring (bicyclic) bond motifs is 1. The first-order valence-electron chi connectivity index (χ1n) is 3.52. The zero-order valence-electron chi connectivity index (χ0n) is 6.45. The highest BCUT2D eigenvalue weighted by atomic mass is 35.5. The van der Waals surface area contributed by atoms with Gasteiger partial charge >= 0.3 is 0 Å². The molecule has 0 saturated heterocycles. The number of aryl methyl sites for hydroxylation is 1. The predicted octanol–water partition coefficient (Wildman–Crippen LogP) is 1.99. The monoisotopic (exact) mass is 179 g/mol. The lowest BCUT2D eigenvalue weighted by atomic mass is 10.2. The van der Waals surface area contributed by atoms with Crippen molar-refractivity contribution in [3.05, 3.63) is 29.0 Å². The van der Waals surface area contributed by atoms with Gasteiger partial charge in [-0.25, -0.2) is 4.98 Å². The van der Waals surface area contributed by atoms with Gasteiger partial charge in [0, 0.05) is 0 Å². The third-order valence-corrected chi connectivity index (χ3v) is 1.74. The molecule has 0 bridgehead atoms. The van der Waals surface area contributed by atoms with Gasteiger partial charge in [0.2, 0.25) is 5.28 Å². The lowest BCUT2D eigenvalue weighted by molar-refractivity contribution is 1.02. The van der Waals surface area contributed by atoms with Gasteiger partial charge in [-0.15, -0.1) is 10.2 Å². The van der Waals surface area contributed by atoms with Crippen LogP contribution < -0.4 is 0 Å². The van der Waals surface area contributed by atoms with Crippen molar-refractivity contribution in [2.24, 2.45) is 0 Å². The van der Waals surface area contributed by atoms with Crippen molar-refractivity contribution in [1.29, 1.82) is 0 Å². The van der Waals surface area contributed by atoms with Gasteiger partial charge in [0.1, 0.15) is 5.52 Å². The average molecular weight is 180 g/mol. The molecule has 0 unspecified atom stereocenters. The first-order valence-corrected chi connectivity index (χ1v) is 3.90. The number of rotatable bonds is 0. The molecule has 0 amide bonds. The highest BCUT2D eigenvalue weighted by molar-refractivity contribution is 6.28. The van der Waals surface area contributed by atoms with Crippen LogP contribution in [0.2, 0.25) is 5.28 Å². The molecule has 4 heteroatoms. The summed E-state index contributed by atoms with van der Waals surface area (Å²) < 4.78 is 0. The van der Waals surface area contributed by atoms with Gasteiger partial charge in [-0.1, -0.05) is 6.07 Å². The number of benzene rings is 1. The van der Waals surface area contributed by atoms with E-state index in [-0.39, 0.29) is 5.28 Å². The maximum absolute atomic E-state index is 5.57. The molecule has 0 atom stereocenters. The summed E-state index contributed by atoms with van der Waals surface area (Å²) in [5.41, 5.74) is 2.70. The average Bonchev–Trinajstić information content (AvgIpc) is 2.05. The normalized spacial score (nSPS) is 10.5. The van der Waals surface area contributed by atoms with Crippen molar-refractivity contribution < 1.29 is 0 Å². The predicted molar refractivity (Wildman–Crippen MR) is 47.1 cm³/mol. The molecule has 2 aromatic rings. The van der Waals surface area contributed by atoms with Crippen molar-refractivity contribution in [3.63, 3.8) is 0 Å². The van der Waals surface area contributed by atoms with Crippen LogP contribution in [0.25, 0.3) is 11.0 Å². The van der Waals surface area contributed by atoms with Crippen molar-refractivity contribution in [2.75, 3.05) is 0 Å². The van der Waals surface area contributed by atoms with Crippen LogP contribution in [0.1, 0.15) is 5.56 Å². The van der Waals surface area contributed by atoms with Gasteiger partial charge in [-0.2, -0.15) is 0 Å². The molecule has 12 heavy (non-hydrogen) atoms. The second kappa shape index (κ2) is 2.68. The second-order valence-corrected chi connectivity index (χ2v) is 2.91. The highest BCUT2D eigenvalue weighted by Gasteiger charge is 1.97. The molecular weight excluding hydrogens is 174 g/mol. The summed E-state index contributed by atoms with van der Waals surface area (Å²) in [4.78, 5) is 4.01. The molecule has 3 nitrogen and oxygen atoms in total. The standard InChI is InChI=1S/C8H6ClN3/c1-5-2-3-6-7(4-5)11-12-8(9)10-6/h2-4H,1H3. The Labute approximate surface area is 74.4 Å². The molecule has 1 aromatic carbocycles. The van der Waals surface area contributed by atoms with Crippen LogP contribution >= 0.6 is 11.6 Å². The van der Waals surface area contributed by atoms with Crippen LogP contribution in [-0.4, -0.2) is 15.2 Å². The van der Waals surface area contributed by atoms with Crippen molar-refractivity contribution in [2.45, 2.75) is 6.92 Å². The molecule has 0 spiro atoms.